The van der Waals surface area contributed by atoms with Crippen LogP contribution in [0.15, 0.2) is 241 Å². The molecule has 0 unspecified atom stereocenters. The van der Waals surface area contributed by atoms with Crippen molar-refractivity contribution in [2.45, 2.75) is 5.41 Å². The minimum absolute atomic E-state index is 0.566. The van der Waals surface area contributed by atoms with Gasteiger partial charge in [0.15, 0.2) is 17.5 Å². The van der Waals surface area contributed by atoms with Crippen molar-refractivity contribution in [3.8, 4) is 67.5 Å². The number of hydrogen-bond acceptors (Lipinski definition) is 4. The van der Waals surface area contributed by atoms with Crippen LogP contribution in [-0.4, -0.2) is 15.0 Å². The van der Waals surface area contributed by atoms with E-state index < -0.39 is 5.41 Å². The number of benzene rings is 10. The van der Waals surface area contributed by atoms with Crippen LogP contribution in [0.1, 0.15) is 22.3 Å². The van der Waals surface area contributed by atoms with Gasteiger partial charge in [-0.1, -0.05) is 218 Å². The van der Waals surface area contributed by atoms with Gasteiger partial charge >= 0.3 is 0 Å². The minimum atomic E-state index is -0.566. The van der Waals surface area contributed by atoms with Crippen LogP contribution in [0.25, 0.3) is 100 Å². The summed E-state index contributed by atoms with van der Waals surface area (Å²) >= 11 is 0. The van der Waals surface area contributed by atoms with Gasteiger partial charge in [-0.25, -0.2) is 15.0 Å². The largest absolute Gasteiger partial charge is 0.455 e. The van der Waals surface area contributed by atoms with E-state index in [1.807, 2.05) is 24.3 Å². The molecule has 0 N–H and O–H groups in total. The Morgan fingerprint density at radius 1 is 0.303 bits per heavy atom. The third kappa shape index (κ3) is 5.89. The van der Waals surface area contributed by atoms with Gasteiger partial charge in [-0.2, -0.15) is 0 Å². The lowest BCUT2D eigenvalue weighted by Gasteiger charge is -2.34. The summed E-state index contributed by atoms with van der Waals surface area (Å²) in [5.41, 5.74) is 15.7. The first-order chi connectivity index (χ1) is 32.7. The van der Waals surface area contributed by atoms with Gasteiger partial charge in [-0.3, -0.25) is 0 Å². The van der Waals surface area contributed by atoms with Gasteiger partial charge in [0.1, 0.15) is 11.2 Å². The fourth-order valence-electron chi connectivity index (χ4n) is 10.5. The molecular weight excluding hydrogens is 803 g/mol. The van der Waals surface area contributed by atoms with E-state index in [4.69, 9.17) is 19.4 Å². The smallest absolute Gasteiger partial charge is 0.164 e. The summed E-state index contributed by atoms with van der Waals surface area (Å²) < 4.78 is 6.77. The van der Waals surface area contributed by atoms with Crippen LogP contribution in [0.4, 0.5) is 0 Å². The van der Waals surface area contributed by atoms with E-state index in [-0.39, 0.29) is 0 Å². The van der Waals surface area contributed by atoms with Gasteiger partial charge in [-0.15, -0.1) is 0 Å². The Bertz CT molecular complexity index is 3760. The normalized spacial score (nSPS) is 12.7. The van der Waals surface area contributed by atoms with Gasteiger partial charge < -0.3 is 4.42 Å². The highest BCUT2D eigenvalue weighted by Crippen LogP contribution is 2.58. The van der Waals surface area contributed by atoms with E-state index in [2.05, 4.69) is 212 Å². The van der Waals surface area contributed by atoms with Crippen molar-refractivity contribution < 1.29 is 4.42 Å². The average molecular weight is 842 g/mol. The molecule has 66 heavy (non-hydrogen) atoms. The molecule has 0 saturated carbocycles. The van der Waals surface area contributed by atoms with E-state index >= 15 is 0 Å². The first kappa shape index (κ1) is 37.8. The summed E-state index contributed by atoms with van der Waals surface area (Å²) in [5, 5.41) is 4.44. The molecule has 12 aromatic rings. The minimum Gasteiger partial charge on any atom is -0.455 e. The molecule has 4 nitrogen and oxygen atoms in total. The second kappa shape index (κ2) is 15.2. The number of hydrogen-bond donors (Lipinski definition) is 0. The fraction of sp³-hybridized carbons (Fsp3) is 0.0161. The SMILES string of the molecule is c1ccc(-c2nc(-c3ccc(-c4cc5c(cc4-c4cccc6c4oc4ccccc46)-c4ccccc4C5(c4ccccc4)c4ccccc4)cc3)nc(-c3cccc4ccccc34)n2)cc1. The van der Waals surface area contributed by atoms with Gasteiger partial charge in [-0.05, 0) is 79.0 Å². The van der Waals surface area contributed by atoms with Crippen molar-refractivity contribution in [3.63, 3.8) is 0 Å². The van der Waals surface area contributed by atoms with Gasteiger partial charge in [0.25, 0.3) is 0 Å². The lowest BCUT2D eigenvalue weighted by atomic mass is 9.67. The Balaban J connectivity index is 1.05. The molecule has 1 aliphatic rings. The van der Waals surface area contributed by atoms with E-state index in [0.717, 1.165) is 71.7 Å². The number of fused-ring (bicyclic) bond motifs is 7. The van der Waals surface area contributed by atoms with Crippen LogP contribution in [0, 0.1) is 0 Å². The number of rotatable bonds is 7. The van der Waals surface area contributed by atoms with E-state index in [0.29, 0.717) is 17.5 Å². The Kier molecular flexibility index (Phi) is 8.72. The highest BCUT2D eigenvalue weighted by molar-refractivity contribution is 6.11. The van der Waals surface area contributed by atoms with Crippen molar-refractivity contribution in [2.75, 3.05) is 0 Å². The summed E-state index contributed by atoms with van der Waals surface area (Å²) in [6.45, 7) is 0. The van der Waals surface area contributed by atoms with Gasteiger partial charge in [0, 0.05) is 33.0 Å². The first-order valence-electron chi connectivity index (χ1n) is 22.4. The molecule has 1 aliphatic carbocycles. The summed E-state index contributed by atoms with van der Waals surface area (Å²) in [5.74, 6) is 1.88. The molecule has 0 saturated heterocycles. The molecular formula is C62H39N3O. The van der Waals surface area contributed by atoms with Gasteiger partial charge in [0.05, 0.1) is 5.41 Å². The molecule has 2 aromatic heterocycles. The maximum atomic E-state index is 6.77. The molecule has 0 amide bonds. The van der Waals surface area contributed by atoms with E-state index in [9.17, 15) is 0 Å². The molecule has 0 atom stereocenters. The molecule has 0 bridgehead atoms. The van der Waals surface area contributed by atoms with E-state index in [1.54, 1.807) is 0 Å². The molecule has 0 spiro atoms. The molecule has 10 aromatic carbocycles. The molecule has 308 valence electrons. The van der Waals surface area contributed by atoms with Crippen LogP contribution >= 0.6 is 0 Å². The van der Waals surface area contributed by atoms with Crippen molar-refractivity contribution in [2.24, 2.45) is 0 Å². The quantitative estimate of drug-likeness (QED) is 0.160. The fourth-order valence-corrected chi connectivity index (χ4v) is 10.5. The lowest BCUT2D eigenvalue weighted by molar-refractivity contribution is 0.670. The molecule has 13 rings (SSSR count). The maximum absolute atomic E-state index is 6.77. The molecule has 0 aliphatic heterocycles. The van der Waals surface area contributed by atoms with Crippen LogP contribution in [0.2, 0.25) is 0 Å². The predicted octanol–water partition coefficient (Wildman–Crippen LogP) is 15.6. The monoisotopic (exact) mass is 841 g/mol. The summed E-state index contributed by atoms with van der Waals surface area (Å²) in [6.07, 6.45) is 0. The topological polar surface area (TPSA) is 51.8 Å². The first-order valence-corrected chi connectivity index (χ1v) is 22.4. The predicted molar refractivity (Wildman–Crippen MR) is 269 cm³/mol. The second-order valence-corrected chi connectivity index (χ2v) is 17.0. The summed E-state index contributed by atoms with van der Waals surface area (Å²) in [7, 11) is 0. The highest BCUT2D eigenvalue weighted by Gasteiger charge is 2.46. The molecule has 2 heterocycles. The molecule has 0 fully saturated rings. The van der Waals surface area contributed by atoms with Crippen LogP contribution in [0.5, 0.6) is 0 Å². The third-order valence-corrected chi connectivity index (χ3v) is 13.4. The number of para-hydroxylation sites is 2. The van der Waals surface area contributed by atoms with Gasteiger partial charge in [0.2, 0.25) is 0 Å². The maximum Gasteiger partial charge on any atom is 0.164 e. The average Bonchev–Trinajstić information content (AvgIpc) is 3.92. The Labute approximate surface area is 382 Å². The van der Waals surface area contributed by atoms with E-state index in [1.165, 1.54) is 33.4 Å². The molecule has 4 heteroatoms. The zero-order valence-corrected chi connectivity index (χ0v) is 35.8. The van der Waals surface area contributed by atoms with Crippen molar-refractivity contribution in [1.29, 1.82) is 0 Å². The number of furan rings is 1. The second-order valence-electron chi connectivity index (χ2n) is 17.0. The van der Waals surface area contributed by atoms with Crippen LogP contribution in [0.3, 0.4) is 0 Å². The van der Waals surface area contributed by atoms with Crippen LogP contribution < -0.4 is 0 Å². The van der Waals surface area contributed by atoms with Crippen molar-refractivity contribution in [3.05, 3.63) is 259 Å². The van der Waals surface area contributed by atoms with Crippen molar-refractivity contribution in [1.82, 2.24) is 15.0 Å². The van der Waals surface area contributed by atoms with Crippen molar-refractivity contribution >= 4 is 32.7 Å². The molecule has 0 radical (unpaired) electrons. The summed E-state index contributed by atoms with van der Waals surface area (Å²) in [4.78, 5) is 15.4. The zero-order chi connectivity index (χ0) is 43.6. The Morgan fingerprint density at radius 2 is 0.833 bits per heavy atom. The summed E-state index contributed by atoms with van der Waals surface area (Å²) in [6, 6.07) is 84.2. The number of aromatic nitrogens is 3. The Hall–Kier alpha value is -8.73. The highest BCUT2D eigenvalue weighted by atomic mass is 16.3. The standard InChI is InChI=1S/C62H39N3O/c1-4-19-42(20-5-1)59-63-60(65-61(64-59)51-31-16-21-40-18-10-11-26-46(40)51)43-36-34-41(35-37-43)52-39-56-54(38-53(52)50-30-17-29-49-48-28-13-15-33-57(48)66-58(49)50)47-27-12-14-32-55(47)62(56,44-22-6-2-7-23-44)45-24-8-3-9-25-45/h1-39H. The van der Waals surface area contributed by atoms with Crippen LogP contribution in [-0.2, 0) is 5.41 Å². The Morgan fingerprint density at radius 3 is 1.59 bits per heavy atom. The lowest BCUT2D eigenvalue weighted by Crippen LogP contribution is -2.28. The number of nitrogens with zero attached hydrogens (tertiary/aromatic N) is 3. The zero-order valence-electron chi connectivity index (χ0n) is 35.8. The third-order valence-electron chi connectivity index (χ3n) is 13.4.